The molecule has 0 fully saturated rings. The van der Waals surface area contributed by atoms with Gasteiger partial charge in [0.05, 0.1) is 25.5 Å². The molecule has 17 heavy (non-hydrogen) atoms. The van der Waals surface area contributed by atoms with E-state index < -0.39 is 11.9 Å². The van der Waals surface area contributed by atoms with Crippen LogP contribution in [-0.2, 0) is 14.3 Å². The summed E-state index contributed by atoms with van der Waals surface area (Å²) in [6, 6.07) is 4.89. The van der Waals surface area contributed by atoms with E-state index in [-0.39, 0.29) is 11.3 Å². The zero-order chi connectivity index (χ0) is 12.8. The lowest BCUT2D eigenvalue weighted by atomic mass is 10.1. The number of hydrogen-bond donors (Lipinski definition) is 1. The number of rotatable bonds is 3. The summed E-state index contributed by atoms with van der Waals surface area (Å²) in [5.74, 6) is -1.01. The molecule has 5 nitrogen and oxygen atoms in total. The van der Waals surface area contributed by atoms with Crippen molar-refractivity contribution in [1.82, 2.24) is 0 Å². The van der Waals surface area contributed by atoms with Crippen molar-refractivity contribution < 1.29 is 19.1 Å². The second-order valence-corrected chi connectivity index (χ2v) is 3.16. The molecule has 0 bridgehead atoms. The number of nitrogens with two attached hydrogens (primary N) is 1. The van der Waals surface area contributed by atoms with Crippen LogP contribution in [0, 0.1) is 0 Å². The van der Waals surface area contributed by atoms with Crippen molar-refractivity contribution in [3.63, 3.8) is 0 Å². The third kappa shape index (κ3) is 3.07. The molecule has 0 amide bonds. The molecule has 2 N–H and O–H groups in total. The quantitative estimate of drug-likeness (QED) is 0.484. The molecule has 0 saturated heterocycles. The number of nitrogen functional groups attached to an aromatic ring is 1. The molecular weight excluding hydrogens is 222 g/mol. The predicted octanol–water partition coefficient (Wildman–Crippen LogP) is 1.24. The number of esters is 2. The number of ether oxygens (including phenoxy) is 2. The zero-order valence-electron chi connectivity index (χ0n) is 9.60. The molecule has 0 saturated carbocycles. The van der Waals surface area contributed by atoms with Crippen molar-refractivity contribution in [2.24, 2.45) is 0 Å². The number of hydrogen-bond acceptors (Lipinski definition) is 5. The molecule has 0 spiro atoms. The molecular formula is C12H13NO4. The van der Waals surface area contributed by atoms with Gasteiger partial charge < -0.3 is 15.2 Å². The van der Waals surface area contributed by atoms with Gasteiger partial charge in [0.2, 0.25) is 0 Å². The monoisotopic (exact) mass is 235 g/mol. The number of anilines is 1. The summed E-state index contributed by atoms with van der Waals surface area (Å²) in [6.07, 6.45) is 2.71. The fraction of sp³-hybridized carbons (Fsp3) is 0.167. The molecule has 0 aromatic heterocycles. The predicted molar refractivity (Wildman–Crippen MR) is 63.2 cm³/mol. The first kappa shape index (κ1) is 12.8. The van der Waals surface area contributed by atoms with Crippen LogP contribution in [0.1, 0.15) is 15.9 Å². The van der Waals surface area contributed by atoms with Crippen LogP contribution in [0.25, 0.3) is 6.08 Å². The van der Waals surface area contributed by atoms with Gasteiger partial charge in [0.15, 0.2) is 0 Å². The summed E-state index contributed by atoms with van der Waals surface area (Å²) in [7, 11) is 2.56. The lowest BCUT2D eigenvalue weighted by Crippen LogP contribution is -2.06. The third-order valence-corrected chi connectivity index (χ3v) is 2.15. The van der Waals surface area contributed by atoms with Crippen LogP contribution in [0.5, 0.6) is 0 Å². The maximum absolute atomic E-state index is 11.4. The van der Waals surface area contributed by atoms with E-state index in [0.717, 1.165) is 0 Å². The average Bonchev–Trinajstić information content (AvgIpc) is 2.36. The summed E-state index contributed by atoms with van der Waals surface area (Å²) in [6.45, 7) is 0. The maximum atomic E-state index is 11.4. The summed E-state index contributed by atoms with van der Waals surface area (Å²) >= 11 is 0. The van der Waals surface area contributed by atoms with Crippen LogP contribution in [0.2, 0.25) is 0 Å². The summed E-state index contributed by atoms with van der Waals surface area (Å²) in [5, 5.41) is 0. The smallest absolute Gasteiger partial charge is 0.339 e. The van der Waals surface area contributed by atoms with Gasteiger partial charge >= 0.3 is 11.9 Å². The highest BCUT2D eigenvalue weighted by molar-refractivity contribution is 5.98. The van der Waals surface area contributed by atoms with Gasteiger partial charge in [-0.3, -0.25) is 0 Å². The standard InChI is InChI=1S/C12H13NO4/c1-16-10(14)7-6-8-4-3-5-9(11(8)13)12(15)17-2/h3-7H,13H2,1-2H3. The SMILES string of the molecule is COC(=O)C=Cc1cccc(C(=O)OC)c1N. The van der Waals surface area contributed by atoms with Crippen LogP contribution < -0.4 is 5.73 Å². The van der Waals surface area contributed by atoms with E-state index in [1.54, 1.807) is 18.2 Å². The topological polar surface area (TPSA) is 78.6 Å². The molecule has 1 aromatic rings. The molecule has 1 aromatic carbocycles. The molecule has 0 radical (unpaired) electrons. The lowest BCUT2D eigenvalue weighted by molar-refractivity contribution is -0.134. The minimum atomic E-state index is -0.518. The van der Waals surface area contributed by atoms with Crippen LogP contribution in [0.15, 0.2) is 24.3 Å². The number of para-hydroxylation sites is 1. The Morgan fingerprint density at radius 3 is 2.53 bits per heavy atom. The molecule has 1 rings (SSSR count). The number of methoxy groups -OCH3 is 2. The summed E-state index contributed by atoms with van der Waals surface area (Å²) < 4.78 is 9.04. The second-order valence-electron chi connectivity index (χ2n) is 3.16. The zero-order valence-corrected chi connectivity index (χ0v) is 9.60. The Kier molecular flexibility index (Phi) is 4.28. The van der Waals surface area contributed by atoms with Crippen LogP contribution >= 0.6 is 0 Å². The van der Waals surface area contributed by atoms with E-state index in [9.17, 15) is 9.59 Å². The molecule has 0 aliphatic heterocycles. The van der Waals surface area contributed by atoms with E-state index in [4.69, 9.17) is 5.73 Å². The number of carbonyl (C=O) groups is 2. The highest BCUT2D eigenvalue weighted by atomic mass is 16.5. The molecule has 5 heteroatoms. The maximum Gasteiger partial charge on any atom is 0.339 e. The highest BCUT2D eigenvalue weighted by Crippen LogP contribution is 2.19. The first-order valence-electron chi connectivity index (χ1n) is 4.83. The fourth-order valence-corrected chi connectivity index (χ4v) is 1.24. The third-order valence-electron chi connectivity index (χ3n) is 2.15. The Hall–Kier alpha value is -2.30. The first-order chi connectivity index (χ1) is 8.10. The summed E-state index contributed by atoms with van der Waals surface area (Å²) in [4.78, 5) is 22.3. The minimum absolute atomic E-state index is 0.263. The Labute approximate surface area is 98.8 Å². The van der Waals surface area contributed by atoms with Crippen molar-refractivity contribution in [1.29, 1.82) is 0 Å². The van der Waals surface area contributed by atoms with Gasteiger partial charge in [0.1, 0.15) is 0 Å². The van der Waals surface area contributed by atoms with E-state index in [1.807, 2.05) is 0 Å². The fourth-order valence-electron chi connectivity index (χ4n) is 1.24. The van der Waals surface area contributed by atoms with E-state index >= 15 is 0 Å². The second kappa shape index (κ2) is 5.69. The van der Waals surface area contributed by atoms with Gasteiger partial charge in [0, 0.05) is 6.08 Å². The molecule has 0 aliphatic carbocycles. The highest BCUT2D eigenvalue weighted by Gasteiger charge is 2.11. The first-order valence-corrected chi connectivity index (χ1v) is 4.83. The van der Waals surface area contributed by atoms with Crippen molar-refractivity contribution in [3.8, 4) is 0 Å². The van der Waals surface area contributed by atoms with Crippen LogP contribution in [0.4, 0.5) is 5.69 Å². The van der Waals surface area contributed by atoms with Gasteiger partial charge in [-0.05, 0) is 17.7 Å². The Morgan fingerprint density at radius 1 is 1.24 bits per heavy atom. The molecule has 90 valence electrons. The van der Waals surface area contributed by atoms with Crippen molar-refractivity contribution in [2.45, 2.75) is 0 Å². The summed E-state index contributed by atoms with van der Waals surface area (Å²) in [5.41, 5.74) is 6.86. The van der Waals surface area contributed by atoms with Crippen molar-refractivity contribution in [2.75, 3.05) is 20.0 Å². The van der Waals surface area contributed by atoms with Gasteiger partial charge in [-0.2, -0.15) is 0 Å². The molecule has 0 unspecified atom stereocenters. The van der Waals surface area contributed by atoms with Gasteiger partial charge in [-0.25, -0.2) is 9.59 Å². The van der Waals surface area contributed by atoms with Gasteiger partial charge in [-0.1, -0.05) is 12.1 Å². The average molecular weight is 235 g/mol. The number of carbonyl (C=O) groups excluding carboxylic acids is 2. The van der Waals surface area contributed by atoms with E-state index in [0.29, 0.717) is 5.56 Å². The Bertz CT molecular complexity index is 466. The van der Waals surface area contributed by atoms with E-state index in [2.05, 4.69) is 9.47 Å². The Morgan fingerprint density at radius 2 is 1.94 bits per heavy atom. The lowest BCUT2D eigenvalue weighted by Gasteiger charge is -2.06. The largest absolute Gasteiger partial charge is 0.466 e. The molecule has 0 atom stereocenters. The van der Waals surface area contributed by atoms with Gasteiger partial charge in [-0.15, -0.1) is 0 Å². The van der Waals surface area contributed by atoms with Gasteiger partial charge in [0.25, 0.3) is 0 Å². The van der Waals surface area contributed by atoms with Crippen molar-refractivity contribution >= 4 is 23.7 Å². The number of benzene rings is 1. The molecule has 0 heterocycles. The van der Waals surface area contributed by atoms with Crippen LogP contribution in [0.3, 0.4) is 0 Å². The normalized spacial score (nSPS) is 10.2. The minimum Gasteiger partial charge on any atom is -0.466 e. The van der Waals surface area contributed by atoms with Crippen molar-refractivity contribution in [3.05, 3.63) is 35.4 Å². The Balaban J connectivity index is 3.06. The molecule has 0 aliphatic rings. The van der Waals surface area contributed by atoms with Crippen LogP contribution in [-0.4, -0.2) is 26.2 Å². The van der Waals surface area contributed by atoms with E-state index in [1.165, 1.54) is 26.4 Å².